The molecule has 0 aromatic carbocycles. The van der Waals surface area contributed by atoms with Crippen molar-refractivity contribution in [3.05, 3.63) is 0 Å². The van der Waals surface area contributed by atoms with Gasteiger partial charge in [0.2, 0.25) is 0 Å². The fraction of sp³-hybridized carbons (Fsp3) is 1.00. The summed E-state index contributed by atoms with van der Waals surface area (Å²) in [5.41, 5.74) is -1.46. The Hall–Kier alpha value is -0.210. The molecule has 1 unspecified atom stereocenters. The van der Waals surface area contributed by atoms with Crippen LogP contribution in [0.3, 0.4) is 0 Å². The quantitative estimate of drug-likeness (QED) is 0.327. The first kappa shape index (κ1) is 20.8. The minimum absolute atomic E-state index is 0.261. The first-order valence-corrected chi connectivity index (χ1v) is 8.92. The molecule has 0 aliphatic rings. The zero-order chi connectivity index (χ0) is 16.4. The van der Waals surface area contributed by atoms with Crippen LogP contribution in [0.25, 0.3) is 0 Å². The van der Waals surface area contributed by atoms with Gasteiger partial charge in [-0.2, -0.15) is 13.2 Å². The SMILES string of the molecule is CCCCCCCCC(C)C(CCC)(CCC)C(F)(F)F. The minimum Gasteiger partial charge on any atom is -0.170 e. The summed E-state index contributed by atoms with van der Waals surface area (Å²) in [5, 5.41) is 0. The molecule has 0 saturated carbocycles. The molecule has 1 atom stereocenters. The third kappa shape index (κ3) is 6.61. The summed E-state index contributed by atoms with van der Waals surface area (Å²) < 4.78 is 41.0. The van der Waals surface area contributed by atoms with E-state index in [1.54, 1.807) is 0 Å². The lowest BCUT2D eigenvalue weighted by Crippen LogP contribution is -2.43. The summed E-state index contributed by atoms with van der Waals surface area (Å²) in [6.45, 7) is 7.74. The van der Waals surface area contributed by atoms with E-state index in [1.807, 2.05) is 20.8 Å². The number of halogens is 3. The van der Waals surface area contributed by atoms with Crippen LogP contribution >= 0.6 is 0 Å². The van der Waals surface area contributed by atoms with Crippen molar-refractivity contribution in [3.63, 3.8) is 0 Å². The third-order valence-electron chi connectivity index (χ3n) is 4.89. The number of rotatable bonds is 12. The van der Waals surface area contributed by atoms with Gasteiger partial charge in [0, 0.05) is 0 Å². The van der Waals surface area contributed by atoms with Crippen LogP contribution < -0.4 is 0 Å². The van der Waals surface area contributed by atoms with Crippen LogP contribution in [0.5, 0.6) is 0 Å². The average molecular weight is 308 g/mol. The monoisotopic (exact) mass is 308 g/mol. The van der Waals surface area contributed by atoms with Crippen molar-refractivity contribution in [2.75, 3.05) is 0 Å². The van der Waals surface area contributed by atoms with Crippen molar-refractivity contribution in [2.45, 2.75) is 105 Å². The van der Waals surface area contributed by atoms with Gasteiger partial charge < -0.3 is 0 Å². The maximum absolute atomic E-state index is 13.7. The molecule has 0 radical (unpaired) electrons. The second kappa shape index (κ2) is 10.5. The van der Waals surface area contributed by atoms with E-state index < -0.39 is 11.6 Å². The molecule has 3 heteroatoms. The molecule has 0 aromatic heterocycles. The number of unbranched alkanes of at least 4 members (excludes halogenated alkanes) is 5. The van der Waals surface area contributed by atoms with Crippen LogP contribution in [0.1, 0.15) is 98.3 Å². The van der Waals surface area contributed by atoms with Crippen LogP contribution in [0.4, 0.5) is 13.2 Å². The Kier molecular flexibility index (Phi) is 10.4. The smallest absolute Gasteiger partial charge is 0.170 e. The van der Waals surface area contributed by atoms with E-state index in [-0.39, 0.29) is 18.8 Å². The van der Waals surface area contributed by atoms with E-state index in [0.29, 0.717) is 19.3 Å². The van der Waals surface area contributed by atoms with Gasteiger partial charge in [-0.3, -0.25) is 0 Å². The molecule has 0 heterocycles. The topological polar surface area (TPSA) is 0 Å². The fourth-order valence-electron chi connectivity index (χ4n) is 3.58. The predicted octanol–water partition coefficient (Wildman–Crippen LogP) is 7.52. The zero-order valence-electron chi connectivity index (χ0n) is 14.5. The Bertz CT molecular complexity index is 239. The fourth-order valence-corrected chi connectivity index (χ4v) is 3.58. The average Bonchev–Trinajstić information content (AvgIpc) is 2.40. The van der Waals surface area contributed by atoms with Crippen molar-refractivity contribution in [2.24, 2.45) is 11.3 Å². The van der Waals surface area contributed by atoms with Crippen LogP contribution in [-0.2, 0) is 0 Å². The maximum atomic E-state index is 13.7. The van der Waals surface area contributed by atoms with Gasteiger partial charge in [-0.25, -0.2) is 0 Å². The Balaban J connectivity index is 4.54. The summed E-state index contributed by atoms with van der Waals surface area (Å²) in [6.07, 6.45) is 5.29. The van der Waals surface area contributed by atoms with E-state index in [2.05, 4.69) is 6.92 Å². The maximum Gasteiger partial charge on any atom is 0.394 e. The minimum atomic E-state index is -4.07. The first-order valence-electron chi connectivity index (χ1n) is 8.92. The van der Waals surface area contributed by atoms with Crippen molar-refractivity contribution in [1.82, 2.24) is 0 Å². The molecule has 0 amide bonds. The molecule has 0 saturated heterocycles. The Morgan fingerprint density at radius 1 is 0.714 bits per heavy atom. The molecule has 0 fully saturated rings. The highest BCUT2D eigenvalue weighted by Gasteiger charge is 2.55. The lowest BCUT2D eigenvalue weighted by Gasteiger charge is -2.41. The molecular weight excluding hydrogens is 273 g/mol. The Labute approximate surface area is 129 Å². The molecule has 0 aromatic rings. The van der Waals surface area contributed by atoms with Crippen LogP contribution in [0, 0.1) is 11.3 Å². The van der Waals surface area contributed by atoms with Gasteiger partial charge in [-0.15, -0.1) is 0 Å². The normalized spacial score (nSPS) is 14.4. The van der Waals surface area contributed by atoms with Gasteiger partial charge in [0.05, 0.1) is 5.41 Å². The molecule has 0 N–H and O–H groups in total. The molecule has 0 bridgehead atoms. The van der Waals surface area contributed by atoms with Crippen molar-refractivity contribution in [1.29, 1.82) is 0 Å². The van der Waals surface area contributed by atoms with Gasteiger partial charge in [-0.05, 0) is 25.2 Å². The van der Waals surface area contributed by atoms with Crippen molar-refractivity contribution >= 4 is 0 Å². The van der Waals surface area contributed by atoms with Gasteiger partial charge >= 0.3 is 6.18 Å². The van der Waals surface area contributed by atoms with Gasteiger partial charge in [0.1, 0.15) is 0 Å². The predicted molar refractivity (Wildman–Crippen MR) is 85.5 cm³/mol. The second-order valence-electron chi connectivity index (χ2n) is 6.61. The third-order valence-corrected chi connectivity index (χ3v) is 4.89. The number of hydrogen-bond acceptors (Lipinski definition) is 0. The molecule has 0 aliphatic carbocycles. The summed E-state index contributed by atoms with van der Waals surface area (Å²) in [7, 11) is 0. The molecular formula is C18H35F3. The lowest BCUT2D eigenvalue weighted by atomic mass is 9.67. The van der Waals surface area contributed by atoms with Gasteiger partial charge in [-0.1, -0.05) is 79.1 Å². The molecule has 0 spiro atoms. The highest BCUT2D eigenvalue weighted by molar-refractivity contribution is 4.90. The van der Waals surface area contributed by atoms with E-state index in [4.69, 9.17) is 0 Å². The van der Waals surface area contributed by atoms with E-state index >= 15 is 0 Å². The van der Waals surface area contributed by atoms with E-state index in [0.717, 1.165) is 12.8 Å². The summed E-state index contributed by atoms with van der Waals surface area (Å²) in [4.78, 5) is 0. The molecule has 0 rings (SSSR count). The molecule has 0 aliphatic heterocycles. The van der Waals surface area contributed by atoms with Crippen molar-refractivity contribution < 1.29 is 13.2 Å². The van der Waals surface area contributed by atoms with Crippen LogP contribution in [0.2, 0.25) is 0 Å². The van der Waals surface area contributed by atoms with Gasteiger partial charge in [0.15, 0.2) is 0 Å². The highest BCUT2D eigenvalue weighted by Crippen LogP contribution is 2.52. The molecule has 21 heavy (non-hydrogen) atoms. The Morgan fingerprint density at radius 2 is 1.19 bits per heavy atom. The van der Waals surface area contributed by atoms with Crippen LogP contribution in [-0.4, -0.2) is 6.18 Å². The second-order valence-corrected chi connectivity index (χ2v) is 6.61. The van der Waals surface area contributed by atoms with E-state index in [1.165, 1.54) is 25.7 Å². The van der Waals surface area contributed by atoms with Gasteiger partial charge in [0.25, 0.3) is 0 Å². The summed E-state index contributed by atoms with van der Waals surface area (Å²) >= 11 is 0. The molecule has 0 nitrogen and oxygen atoms in total. The van der Waals surface area contributed by atoms with Crippen molar-refractivity contribution in [3.8, 4) is 0 Å². The largest absolute Gasteiger partial charge is 0.394 e. The summed E-state index contributed by atoms with van der Waals surface area (Å²) in [5.74, 6) is -0.261. The molecule has 128 valence electrons. The summed E-state index contributed by atoms with van der Waals surface area (Å²) in [6, 6.07) is 0. The number of alkyl halides is 3. The van der Waals surface area contributed by atoms with Crippen LogP contribution in [0.15, 0.2) is 0 Å². The lowest BCUT2D eigenvalue weighted by molar-refractivity contribution is -0.248. The zero-order valence-corrected chi connectivity index (χ0v) is 14.5. The highest BCUT2D eigenvalue weighted by atomic mass is 19.4. The number of hydrogen-bond donors (Lipinski definition) is 0. The van der Waals surface area contributed by atoms with E-state index in [9.17, 15) is 13.2 Å². The standard InChI is InChI=1S/C18H35F3/c1-5-8-9-10-11-12-13-16(4)17(14-6-2,15-7-3)18(19,20)21/h16H,5-15H2,1-4H3. The Morgan fingerprint density at radius 3 is 1.62 bits per heavy atom. The first-order chi connectivity index (χ1) is 9.85.